The molecule has 0 atom stereocenters. The van der Waals surface area contributed by atoms with E-state index < -0.39 is 0 Å². The Kier molecular flexibility index (Phi) is 4.39. The number of nitrogens with zero attached hydrogens (tertiary/aromatic N) is 1. The SMILES string of the molecule is CCc1ccc(/C=C2\SC(=O)N(CCN)C2=O)cc1. The van der Waals surface area contributed by atoms with Crippen molar-refractivity contribution < 1.29 is 9.59 Å². The maximum absolute atomic E-state index is 12.0. The molecule has 0 bridgehead atoms. The van der Waals surface area contributed by atoms with E-state index in [0.29, 0.717) is 4.91 Å². The number of carbonyl (C=O) groups is 2. The fourth-order valence-electron chi connectivity index (χ4n) is 1.82. The van der Waals surface area contributed by atoms with Crippen LogP contribution in [0.25, 0.3) is 6.08 Å². The number of imide groups is 1. The standard InChI is InChI=1S/C14H16N2O2S/c1-2-10-3-5-11(6-4-10)9-12-13(17)16(8-7-15)14(18)19-12/h3-6,9H,2,7-8,15H2,1H3/b12-9-. The summed E-state index contributed by atoms with van der Waals surface area (Å²) < 4.78 is 0. The van der Waals surface area contributed by atoms with Crippen LogP contribution in [-0.4, -0.2) is 29.1 Å². The highest BCUT2D eigenvalue weighted by Gasteiger charge is 2.34. The molecule has 100 valence electrons. The second-order valence-corrected chi connectivity index (χ2v) is 5.21. The molecule has 0 aromatic heterocycles. The minimum atomic E-state index is -0.250. The lowest BCUT2D eigenvalue weighted by Crippen LogP contribution is -2.33. The number of nitrogens with two attached hydrogens (primary N) is 1. The van der Waals surface area contributed by atoms with Gasteiger partial charge in [-0.25, -0.2) is 0 Å². The number of thioether (sulfide) groups is 1. The van der Waals surface area contributed by atoms with Gasteiger partial charge in [-0.15, -0.1) is 0 Å². The first kappa shape index (κ1) is 13.8. The Morgan fingerprint density at radius 2 is 1.95 bits per heavy atom. The second-order valence-electron chi connectivity index (χ2n) is 4.22. The van der Waals surface area contributed by atoms with Crippen molar-refractivity contribution in [1.82, 2.24) is 4.90 Å². The third-order valence-electron chi connectivity index (χ3n) is 2.91. The Morgan fingerprint density at radius 3 is 2.53 bits per heavy atom. The van der Waals surface area contributed by atoms with Crippen molar-refractivity contribution in [3.05, 3.63) is 40.3 Å². The van der Waals surface area contributed by atoms with E-state index in [2.05, 4.69) is 6.92 Å². The van der Waals surface area contributed by atoms with Gasteiger partial charge in [0.2, 0.25) is 0 Å². The van der Waals surface area contributed by atoms with E-state index in [1.54, 1.807) is 6.08 Å². The Labute approximate surface area is 116 Å². The van der Waals surface area contributed by atoms with E-state index in [0.717, 1.165) is 23.7 Å². The summed E-state index contributed by atoms with van der Waals surface area (Å²) in [6.07, 6.45) is 2.73. The van der Waals surface area contributed by atoms with Gasteiger partial charge < -0.3 is 5.73 Å². The van der Waals surface area contributed by atoms with E-state index in [1.165, 1.54) is 10.5 Å². The van der Waals surface area contributed by atoms with E-state index >= 15 is 0 Å². The molecule has 1 saturated heterocycles. The Morgan fingerprint density at radius 1 is 1.26 bits per heavy atom. The first-order chi connectivity index (χ1) is 9.15. The monoisotopic (exact) mass is 276 g/mol. The van der Waals surface area contributed by atoms with Crippen molar-refractivity contribution in [2.75, 3.05) is 13.1 Å². The smallest absolute Gasteiger partial charge is 0.293 e. The minimum absolute atomic E-state index is 0.244. The molecule has 2 N–H and O–H groups in total. The summed E-state index contributed by atoms with van der Waals surface area (Å²) in [5.74, 6) is -0.250. The normalized spacial score (nSPS) is 17.6. The van der Waals surface area contributed by atoms with Crippen LogP contribution in [0, 0.1) is 0 Å². The van der Waals surface area contributed by atoms with Gasteiger partial charge in [-0.2, -0.15) is 0 Å². The summed E-state index contributed by atoms with van der Waals surface area (Å²) in [7, 11) is 0. The molecule has 19 heavy (non-hydrogen) atoms. The summed E-state index contributed by atoms with van der Waals surface area (Å²) in [5, 5.41) is -0.244. The summed E-state index contributed by atoms with van der Waals surface area (Å²) >= 11 is 0.970. The van der Waals surface area contributed by atoms with E-state index in [4.69, 9.17) is 5.73 Å². The lowest BCUT2D eigenvalue weighted by Gasteiger charge is -2.09. The molecule has 5 heteroatoms. The number of rotatable bonds is 4. The molecular formula is C14H16N2O2S. The number of benzene rings is 1. The van der Waals surface area contributed by atoms with Crippen LogP contribution >= 0.6 is 11.8 Å². The third kappa shape index (κ3) is 3.05. The number of hydrogen-bond acceptors (Lipinski definition) is 4. The fraction of sp³-hybridized carbons (Fsp3) is 0.286. The summed E-state index contributed by atoms with van der Waals surface area (Å²) in [6, 6.07) is 7.96. The average Bonchev–Trinajstić information content (AvgIpc) is 2.68. The molecule has 0 radical (unpaired) electrons. The molecule has 0 unspecified atom stereocenters. The van der Waals surface area contributed by atoms with Gasteiger partial charge in [-0.3, -0.25) is 14.5 Å². The number of hydrogen-bond donors (Lipinski definition) is 1. The highest BCUT2D eigenvalue weighted by Crippen LogP contribution is 2.31. The molecule has 0 saturated carbocycles. The van der Waals surface area contributed by atoms with Crippen LogP contribution in [0.4, 0.5) is 4.79 Å². The molecule has 4 nitrogen and oxygen atoms in total. The fourth-order valence-corrected chi connectivity index (χ4v) is 2.69. The van der Waals surface area contributed by atoms with E-state index in [-0.39, 0.29) is 24.2 Å². The lowest BCUT2D eigenvalue weighted by molar-refractivity contribution is -0.122. The third-order valence-corrected chi connectivity index (χ3v) is 3.82. The van der Waals surface area contributed by atoms with E-state index in [9.17, 15) is 9.59 Å². The highest BCUT2D eigenvalue weighted by molar-refractivity contribution is 8.18. The van der Waals surface area contributed by atoms with Gasteiger partial charge in [0.05, 0.1) is 4.91 Å². The van der Waals surface area contributed by atoms with Crippen LogP contribution in [0.3, 0.4) is 0 Å². The van der Waals surface area contributed by atoms with Gasteiger partial charge >= 0.3 is 0 Å². The Balaban J connectivity index is 2.19. The van der Waals surface area contributed by atoms with Crippen molar-refractivity contribution in [2.45, 2.75) is 13.3 Å². The van der Waals surface area contributed by atoms with Gasteiger partial charge in [0.1, 0.15) is 0 Å². The van der Waals surface area contributed by atoms with Gasteiger partial charge in [-0.1, -0.05) is 31.2 Å². The predicted molar refractivity (Wildman–Crippen MR) is 77.6 cm³/mol. The zero-order chi connectivity index (χ0) is 13.8. The van der Waals surface area contributed by atoms with Crippen LogP contribution in [0.5, 0.6) is 0 Å². The van der Waals surface area contributed by atoms with Crippen molar-refractivity contribution in [3.8, 4) is 0 Å². The maximum atomic E-state index is 12.0. The first-order valence-electron chi connectivity index (χ1n) is 6.20. The van der Waals surface area contributed by atoms with Crippen LogP contribution in [-0.2, 0) is 11.2 Å². The summed E-state index contributed by atoms with van der Waals surface area (Å²) in [4.78, 5) is 25.3. The molecular weight excluding hydrogens is 260 g/mol. The average molecular weight is 276 g/mol. The lowest BCUT2D eigenvalue weighted by atomic mass is 10.1. The van der Waals surface area contributed by atoms with Gasteiger partial charge in [0.15, 0.2) is 0 Å². The number of carbonyl (C=O) groups excluding carboxylic acids is 2. The molecule has 1 aliphatic heterocycles. The van der Waals surface area contributed by atoms with E-state index in [1.807, 2.05) is 24.3 Å². The molecule has 1 fully saturated rings. The molecule has 1 aliphatic rings. The van der Waals surface area contributed by atoms with Gasteiger partial charge in [0, 0.05) is 13.1 Å². The van der Waals surface area contributed by atoms with Crippen LogP contribution in [0.1, 0.15) is 18.1 Å². The van der Waals surface area contributed by atoms with Crippen molar-refractivity contribution >= 4 is 29.0 Å². The Hall–Kier alpha value is -1.59. The zero-order valence-corrected chi connectivity index (χ0v) is 11.6. The number of amides is 2. The highest BCUT2D eigenvalue weighted by atomic mass is 32.2. The largest absolute Gasteiger partial charge is 0.329 e. The van der Waals surface area contributed by atoms with Crippen molar-refractivity contribution in [1.29, 1.82) is 0 Å². The zero-order valence-electron chi connectivity index (χ0n) is 10.8. The van der Waals surface area contributed by atoms with Crippen molar-refractivity contribution in [2.24, 2.45) is 5.73 Å². The first-order valence-corrected chi connectivity index (χ1v) is 7.01. The molecule has 0 spiro atoms. The van der Waals surface area contributed by atoms with Crippen molar-refractivity contribution in [3.63, 3.8) is 0 Å². The topological polar surface area (TPSA) is 63.4 Å². The molecule has 1 aromatic rings. The predicted octanol–water partition coefficient (Wildman–Crippen LogP) is 2.24. The molecule has 2 amide bonds. The van der Waals surface area contributed by atoms with Gasteiger partial charge in [0.25, 0.3) is 11.1 Å². The molecule has 1 aromatic carbocycles. The number of aryl methyl sites for hydroxylation is 1. The molecule has 0 aliphatic carbocycles. The molecule has 2 rings (SSSR count). The quantitative estimate of drug-likeness (QED) is 0.857. The summed E-state index contributed by atoms with van der Waals surface area (Å²) in [6.45, 7) is 2.65. The minimum Gasteiger partial charge on any atom is -0.329 e. The molecule has 1 heterocycles. The second kappa shape index (κ2) is 6.04. The van der Waals surface area contributed by atoms with Crippen LogP contribution in [0.2, 0.25) is 0 Å². The summed E-state index contributed by atoms with van der Waals surface area (Å²) in [5.41, 5.74) is 7.56. The van der Waals surface area contributed by atoms with Crippen LogP contribution in [0.15, 0.2) is 29.2 Å². The van der Waals surface area contributed by atoms with Gasteiger partial charge in [-0.05, 0) is 35.4 Å². The van der Waals surface area contributed by atoms with Crippen LogP contribution < -0.4 is 5.73 Å². The Bertz CT molecular complexity index is 523. The maximum Gasteiger partial charge on any atom is 0.293 e.